The van der Waals surface area contributed by atoms with Gasteiger partial charge < -0.3 is 69.6 Å². The van der Waals surface area contributed by atoms with Crippen LogP contribution < -0.4 is 0 Å². The minimum Gasteiger partial charge on any atom is -0.427 e. The molecule has 0 aromatic rings. The summed E-state index contributed by atoms with van der Waals surface area (Å²) < 4.78 is 28.3. The molecule has 5 aliphatic rings. The molecule has 3 aliphatic heterocycles. The molecule has 10 N–H and O–H groups in total. The highest BCUT2D eigenvalue weighted by Gasteiger charge is 2.55. The molecule has 2 aliphatic carbocycles. The van der Waals surface area contributed by atoms with Crippen LogP contribution in [-0.4, -0.2) is 155 Å². The van der Waals surface area contributed by atoms with E-state index in [-0.39, 0.29) is 36.6 Å². The quantitative estimate of drug-likeness (QED) is 0.135. The zero-order valence-electron chi connectivity index (χ0n) is 23.2. The monoisotopic (exact) mass is 595 g/mol. The first kappa shape index (κ1) is 31.9. The van der Waals surface area contributed by atoms with Crippen LogP contribution in [0.2, 0.25) is 0 Å². The van der Waals surface area contributed by atoms with E-state index in [1.165, 1.54) is 6.92 Å². The molecule has 14 heteroatoms. The van der Waals surface area contributed by atoms with Crippen LogP contribution in [0.15, 0.2) is 0 Å². The first-order chi connectivity index (χ1) is 19.5. The van der Waals surface area contributed by atoms with E-state index in [1.54, 1.807) is 0 Å². The van der Waals surface area contributed by atoms with E-state index < -0.39 is 86.3 Å². The van der Waals surface area contributed by atoms with Gasteiger partial charge in [-0.25, -0.2) is 0 Å². The molecular formula is C27H47O14+. The van der Waals surface area contributed by atoms with Crippen LogP contribution in [0.4, 0.5) is 0 Å². The van der Waals surface area contributed by atoms with E-state index in [2.05, 4.69) is 0 Å². The lowest BCUT2D eigenvalue weighted by molar-refractivity contribution is -0.376. The van der Waals surface area contributed by atoms with Gasteiger partial charge in [-0.05, 0) is 39.0 Å². The molecule has 0 bridgehead atoms. The first-order valence-electron chi connectivity index (χ1n) is 14.9. The molecule has 0 spiro atoms. The average molecular weight is 596 g/mol. The smallest absolute Gasteiger partial charge is 0.187 e. The van der Waals surface area contributed by atoms with Crippen molar-refractivity contribution in [2.75, 3.05) is 6.61 Å². The van der Waals surface area contributed by atoms with E-state index in [9.17, 15) is 46.0 Å². The first-order valence-corrected chi connectivity index (χ1v) is 14.9. The molecule has 2 saturated carbocycles. The van der Waals surface area contributed by atoms with Crippen LogP contribution in [0.1, 0.15) is 51.9 Å². The van der Waals surface area contributed by atoms with Gasteiger partial charge in [0.05, 0.1) is 36.9 Å². The van der Waals surface area contributed by atoms with Crippen molar-refractivity contribution < 1.29 is 69.6 Å². The third-order valence-electron chi connectivity index (χ3n) is 9.72. The van der Waals surface area contributed by atoms with Crippen molar-refractivity contribution in [1.29, 1.82) is 0 Å². The fraction of sp³-hybridized carbons (Fsp3) is 1.00. The maximum absolute atomic E-state index is 11.0. The number of rotatable bonds is 6. The molecule has 0 aromatic carbocycles. The van der Waals surface area contributed by atoms with Gasteiger partial charge in [0.1, 0.15) is 48.8 Å². The van der Waals surface area contributed by atoms with Crippen LogP contribution in [0, 0.1) is 11.8 Å². The topological polar surface area (TPSA) is 232 Å². The summed E-state index contributed by atoms with van der Waals surface area (Å²) in [6, 6.07) is 0. The zero-order chi connectivity index (χ0) is 29.6. The van der Waals surface area contributed by atoms with Gasteiger partial charge in [-0.1, -0.05) is 0 Å². The maximum atomic E-state index is 11.0. The molecule has 3 saturated heterocycles. The van der Waals surface area contributed by atoms with Crippen molar-refractivity contribution >= 4 is 0 Å². The van der Waals surface area contributed by atoms with Crippen molar-refractivity contribution in [3.63, 3.8) is 0 Å². The number of fused-ring (bicyclic) bond motifs is 1. The van der Waals surface area contributed by atoms with Crippen molar-refractivity contribution in [3.8, 4) is 0 Å². The summed E-state index contributed by atoms with van der Waals surface area (Å²) in [4.78, 5) is 0. The Balaban J connectivity index is 1.30. The largest absolute Gasteiger partial charge is 0.427 e. The third kappa shape index (κ3) is 6.61. The number of hydrogen-bond acceptors (Lipinski definition) is 13. The third-order valence-corrected chi connectivity index (χ3v) is 9.72. The molecule has 16 atom stereocenters. The SMILES string of the molecule is CC1OC(OC2C(CO)OC(OC3CC4C(O)CC(O)CC4[OH+]C3C3CCC(O)CC3)C(O)C2O)C(O)C(O)C1O. The molecule has 238 valence electrons. The highest BCUT2D eigenvalue weighted by atomic mass is 16.7. The molecule has 14 nitrogen and oxygen atoms in total. The lowest BCUT2D eigenvalue weighted by atomic mass is 9.73. The number of hydrogen-bond donors (Lipinski definition) is 9. The Labute approximate surface area is 238 Å². The van der Waals surface area contributed by atoms with Crippen LogP contribution in [-0.2, 0) is 18.9 Å². The van der Waals surface area contributed by atoms with Crippen molar-refractivity contribution in [1.82, 2.24) is 0 Å². The summed E-state index contributed by atoms with van der Waals surface area (Å²) in [7, 11) is 0. The molecule has 0 aromatic heterocycles. The molecular weight excluding hydrogens is 548 g/mol. The van der Waals surface area contributed by atoms with E-state index >= 15 is 0 Å². The van der Waals surface area contributed by atoms with Gasteiger partial charge in [0.2, 0.25) is 0 Å². The van der Waals surface area contributed by atoms with Gasteiger partial charge in [0.15, 0.2) is 24.8 Å². The van der Waals surface area contributed by atoms with Gasteiger partial charge in [-0.3, -0.25) is 0 Å². The normalized spacial score (nSPS) is 54.9. The second kappa shape index (κ2) is 13.2. The maximum Gasteiger partial charge on any atom is 0.187 e. The Kier molecular flexibility index (Phi) is 10.3. The Bertz CT molecular complexity index is 841. The molecule has 41 heavy (non-hydrogen) atoms. The molecule has 16 unspecified atom stereocenters. The second-order valence-corrected chi connectivity index (χ2v) is 12.5. The highest BCUT2D eigenvalue weighted by Crippen LogP contribution is 2.42. The van der Waals surface area contributed by atoms with Gasteiger partial charge in [0.25, 0.3) is 0 Å². The standard InChI is InChI=1S/C27H46O14/c1-10-19(32)20(33)22(35)26(37-10)41-25-18(9-28)40-27(23(36)21(25)34)39-17-8-14-15(31)6-13(30)7-16(14)38-24(17)11-2-4-12(29)5-3-11/h10-36H,2-9H2,1H3/p+1. The Morgan fingerprint density at radius 1 is 0.707 bits per heavy atom. The summed E-state index contributed by atoms with van der Waals surface area (Å²) in [6.07, 6.45) is -13.5. The van der Waals surface area contributed by atoms with E-state index in [1.807, 2.05) is 0 Å². The summed E-state index contributed by atoms with van der Waals surface area (Å²) in [5.74, 6) is -0.192. The lowest BCUT2D eigenvalue weighted by Crippen LogP contribution is -2.65. The molecule has 5 fully saturated rings. The predicted molar refractivity (Wildman–Crippen MR) is 137 cm³/mol. The van der Waals surface area contributed by atoms with Crippen LogP contribution in [0.5, 0.6) is 0 Å². The van der Waals surface area contributed by atoms with Crippen LogP contribution in [0.3, 0.4) is 0 Å². The van der Waals surface area contributed by atoms with Gasteiger partial charge in [-0.15, -0.1) is 0 Å². The van der Waals surface area contributed by atoms with Crippen molar-refractivity contribution in [2.24, 2.45) is 11.8 Å². The minimum atomic E-state index is -1.66. The predicted octanol–water partition coefficient (Wildman–Crippen LogP) is -3.62. The number of aliphatic hydroxyl groups is 11. The van der Waals surface area contributed by atoms with Gasteiger partial charge in [-0.2, -0.15) is 0 Å². The molecule has 0 amide bonds. The number of ether oxygens (including phenoxy) is 5. The van der Waals surface area contributed by atoms with E-state index in [0.29, 0.717) is 38.5 Å². The Hall–Kier alpha value is -0.560. The van der Waals surface area contributed by atoms with Gasteiger partial charge in [0, 0.05) is 18.8 Å². The Morgan fingerprint density at radius 3 is 2.05 bits per heavy atom. The summed E-state index contributed by atoms with van der Waals surface area (Å²) in [6.45, 7) is 0.831. The molecule has 5 rings (SSSR count). The van der Waals surface area contributed by atoms with Crippen LogP contribution >= 0.6 is 0 Å². The fourth-order valence-corrected chi connectivity index (χ4v) is 7.26. The molecule has 3 heterocycles. The fourth-order valence-electron chi connectivity index (χ4n) is 7.26. The van der Waals surface area contributed by atoms with E-state index in [0.717, 1.165) is 0 Å². The van der Waals surface area contributed by atoms with Crippen molar-refractivity contribution in [2.45, 2.75) is 150 Å². The zero-order valence-corrected chi connectivity index (χ0v) is 23.2. The Morgan fingerprint density at radius 2 is 1.37 bits per heavy atom. The lowest BCUT2D eigenvalue weighted by Gasteiger charge is -2.49. The van der Waals surface area contributed by atoms with Gasteiger partial charge >= 0.3 is 0 Å². The summed E-state index contributed by atoms with van der Waals surface area (Å²) in [5.41, 5.74) is 0. The summed E-state index contributed by atoms with van der Waals surface area (Å²) >= 11 is 0. The highest BCUT2D eigenvalue weighted by molar-refractivity contribution is 4.98. The average Bonchev–Trinajstić information content (AvgIpc) is 2.94. The summed E-state index contributed by atoms with van der Waals surface area (Å²) in [5, 5.41) is 93.6. The number of aliphatic hydroxyl groups excluding tert-OH is 9. The van der Waals surface area contributed by atoms with Crippen molar-refractivity contribution in [3.05, 3.63) is 0 Å². The van der Waals surface area contributed by atoms with E-state index in [4.69, 9.17) is 23.7 Å². The van der Waals surface area contributed by atoms with Crippen LogP contribution in [0.25, 0.3) is 0 Å². The second-order valence-electron chi connectivity index (χ2n) is 12.5. The molecule has 0 radical (unpaired) electrons. The minimum absolute atomic E-state index is 0.0737.